The first-order valence-electron chi connectivity index (χ1n) is 6.69. The maximum absolute atomic E-state index is 5.97. The molecule has 1 heteroatoms. The number of benzene rings is 1. The molecule has 1 fully saturated rings. The quantitative estimate of drug-likeness (QED) is 0.654. The van der Waals surface area contributed by atoms with Crippen molar-refractivity contribution in [3.05, 3.63) is 29.3 Å². The lowest BCUT2D eigenvalue weighted by molar-refractivity contribution is 0.255. The van der Waals surface area contributed by atoms with Crippen LogP contribution in [0.4, 0.5) is 5.69 Å². The van der Waals surface area contributed by atoms with Gasteiger partial charge < -0.3 is 5.73 Å². The van der Waals surface area contributed by atoms with Crippen LogP contribution in [0.15, 0.2) is 18.2 Å². The van der Waals surface area contributed by atoms with Crippen molar-refractivity contribution in [1.82, 2.24) is 0 Å². The van der Waals surface area contributed by atoms with E-state index in [1.54, 1.807) is 11.1 Å². The third-order valence-corrected chi connectivity index (χ3v) is 4.62. The highest BCUT2D eigenvalue weighted by Gasteiger charge is 2.37. The first-order valence-corrected chi connectivity index (χ1v) is 6.69. The summed E-state index contributed by atoms with van der Waals surface area (Å²) in [7, 11) is 0. The van der Waals surface area contributed by atoms with E-state index in [0.29, 0.717) is 5.41 Å². The predicted octanol–water partition coefficient (Wildman–Crippen LogP) is 3.81. The van der Waals surface area contributed by atoms with Crippen molar-refractivity contribution in [3.63, 3.8) is 0 Å². The second-order valence-electron chi connectivity index (χ2n) is 5.61. The van der Waals surface area contributed by atoms with Crippen LogP contribution < -0.4 is 5.73 Å². The third-order valence-electron chi connectivity index (χ3n) is 4.62. The van der Waals surface area contributed by atoms with Crippen LogP contribution in [0.3, 0.4) is 0 Å². The molecule has 0 aromatic heterocycles. The minimum Gasteiger partial charge on any atom is -0.399 e. The molecule has 0 heterocycles. The molecular formula is C15H21N. The van der Waals surface area contributed by atoms with Gasteiger partial charge in [-0.3, -0.25) is 0 Å². The Bertz CT molecular complexity index is 388. The zero-order valence-electron chi connectivity index (χ0n) is 9.97. The Morgan fingerprint density at radius 3 is 2.50 bits per heavy atom. The van der Waals surface area contributed by atoms with Crippen molar-refractivity contribution in [1.29, 1.82) is 0 Å². The average Bonchev–Trinajstić information content (AvgIpc) is 2.32. The molecule has 1 nitrogen and oxygen atoms in total. The van der Waals surface area contributed by atoms with Gasteiger partial charge in [-0.05, 0) is 60.8 Å². The molecule has 2 aliphatic carbocycles. The fraction of sp³-hybridized carbons (Fsp3) is 0.600. The zero-order valence-corrected chi connectivity index (χ0v) is 9.97. The lowest BCUT2D eigenvalue weighted by atomic mass is 9.62. The zero-order chi connectivity index (χ0) is 11.0. The summed E-state index contributed by atoms with van der Waals surface area (Å²) < 4.78 is 0. The molecule has 86 valence electrons. The standard InChI is InChI=1S/C15H21N/c16-13-7-6-12-5-4-10-15(14(12)11-13)8-2-1-3-9-15/h6-7,11H,1-5,8-10,16H2. The van der Waals surface area contributed by atoms with E-state index in [0.717, 1.165) is 5.69 Å². The summed E-state index contributed by atoms with van der Waals surface area (Å²) in [6.45, 7) is 0. The molecule has 0 radical (unpaired) electrons. The van der Waals surface area contributed by atoms with Gasteiger partial charge in [0, 0.05) is 5.69 Å². The Kier molecular flexibility index (Phi) is 2.42. The molecule has 0 unspecified atom stereocenters. The Morgan fingerprint density at radius 1 is 0.938 bits per heavy atom. The van der Waals surface area contributed by atoms with Crippen LogP contribution in [-0.2, 0) is 11.8 Å². The molecule has 1 saturated carbocycles. The van der Waals surface area contributed by atoms with Crippen molar-refractivity contribution in [2.75, 3.05) is 5.73 Å². The van der Waals surface area contributed by atoms with Crippen molar-refractivity contribution in [2.45, 2.75) is 56.8 Å². The number of nitrogens with two attached hydrogens (primary N) is 1. The lowest BCUT2D eigenvalue weighted by Gasteiger charge is -2.42. The highest BCUT2D eigenvalue weighted by molar-refractivity contribution is 5.49. The van der Waals surface area contributed by atoms with Crippen LogP contribution in [0.1, 0.15) is 56.1 Å². The van der Waals surface area contributed by atoms with E-state index in [4.69, 9.17) is 5.73 Å². The van der Waals surface area contributed by atoms with E-state index in [2.05, 4.69) is 18.2 Å². The Hall–Kier alpha value is -0.980. The van der Waals surface area contributed by atoms with Crippen molar-refractivity contribution in [3.8, 4) is 0 Å². The second-order valence-corrected chi connectivity index (χ2v) is 5.61. The summed E-state index contributed by atoms with van der Waals surface area (Å²) in [5.74, 6) is 0. The first-order chi connectivity index (χ1) is 7.80. The number of hydrogen-bond acceptors (Lipinski definition) is 1. The van der Waals surface area contributed by atoms with E-state index in [1.807, 2.05) is 0 Å². The highest BCUT2D eigenvalue weighted by Crippen LogP contribution is 2.47. The van der Waals surface area contributed by atoms with Gasteiger partial charge >= 0.3 is 0 Å². The molecule has 0 bridgehead atoms. The summed E-state index contributed by atoms with van der Waals surface area (Å²) in [6.07, 6.45) is 11.1. The summed E-state index contributed by atoms with van der Waals surface area (Å²) in [4.78, 5) is 0. The molecule has 16 heavy (non-hydrogen) atoms. The molecule has 0 saturated heterocycles. The van der Waals surface area contributed by atoms with Gasteiger partial charge in [0.15, 0.2) is 0 Å². The van der Waals surface area contributed by atoms with Gasteiger partial charge in [-0.15, -0.1) is 0 Å². The summed E-state index contributed by atoms with van der Waals surface area (Å²) >= 11 is 0. The number of nitrogen functional groups attached to an aromatic ring is 1. The summed E-state index contributed by atoms with van der Waals surface area (Å²) in [5, 5.41) is 0. The van der Waals surface area contributed by atoms with Crippen LogP contribution in [-0.4, -0.2) is 0 Å². The Labute approximate surface area is 98.0 Å². The fourth-order valence-electron chi connectivity index (χ4n) is 3.81. The normalized spacial score (nSPS) is 23.0. The van der Waals surface area contributed by atoms with Crippen LogP contribution in [0.5, 0.6) is 0 Å². The average molecular weight is 215 g/mol. The van der Waals surface area contributed by atoms with Gasteiger partial charge in [-0.2, -0.15) is 0 Å². The molecule has 2 aliphatic rings. The number of anilines is 1. The smallest absolute Gasteiger partial charge is 0.0317 e. The fourth-order valence-corrected chi connectivity index (χ4v) is 3.81. The maximum atomic E-state index is 5.97. The van der Waals surface area contributed by atoms with Gasteiger partial charge in [0.1, 0.15) is 0 Å². The van der Waals surface area contributed by atoms with Crippen LogP contribution in [0.25, 0.3) is 0 Å². The molecule has 0 amide bonds. The van der Waals surface area contributed by atoms with Gasteiger partial charge in [-0.25, -0.2) is 0 Å². The molecule has 1 aromatic rings. The number of hydrogen-bond donors (Lipinski definition) is 1. The Morgan fingerprint density at radius 2 is 1.69 bits per heavy atom. The van der Waals surface area contributed by atoms with Gasteiger partial charge in [0.05, 0.1) is 0 Å². The molecule has 2 N–H and O–H groups in total. The largest absolute Gasteiger partial charge is 0.399 e. The Balaban J connectivity index is 2.06. The van der Waals surface area contributed by atoms with Crippen molar-refractivity contribution >= 4 is 5.69 Å². The topological polar surface area (TPSA) is 26.0 Å². The van der Waals surface area contributed by atoms with Crippen LogP contribution in [0, 0.1) is 0 Å². The lowest BCUT2D eigenvalue weighted by Crippen LogP contribution is -2.33. The second kappa shape index (κ2) is 3.80. The van der Waals surface area contributed by atoms with Gasteiger partial charge in [-0.1, -0.05) is 25.3 Å². The molecule has 1 aromatic carbocycles. The molecule has 3 rings (SSSR count). The van der Waals surface area contributed by atoms with Crippen molar-refractivity contribution < 1.29 is 0 Å². The number of aryl methyl sites for hydroxylation is 1. The van der Waals surface area contributed by atoms with Crippen LogP contribution in [0.2, 0.25) is 0 Å². The minimum atomic E-state index is 0.501. The van der Waals surface area contributed by atoms with E-state index < -0.39 is 0 Å². The highest BCUT2D eigenvalue weighted by atomic mass is 14.6. The molecule has 0 aliphatic heterocycles. The van der Waals surface area contributed by atoms with Crippen LogP contribution >= 0.6 is 0 Å². The molecule has 1 spiro atoms. The van der Waals surface area contributed by atoms with E-state index in [-0.39, 0.29) is 0 Å². The first kappa shape index (κ1) is 10.2. The SMILES string of the molecule is Nc1ccc2c(c1)C1(CCCCC1)CCC2. The van der Waals surface area contributed by atoms with Gasteiger partial charge in [0.25, 0.3) is 0 Å². The summed E-state index contributed by atoms with van der Waals surface area (Å²) in [5.41, 5.74) is 10.6. The maximum Gasteiger partial charge on any atom is 0.0317 e. The van der Waals surface area contributed by atoms with E-state index in [9.17, 15) is 0 Å². The molecular weight excluding hydrogens is 194 g/mol. The van der Waals surface area contributed by atoms with E-state index in [1.165, 1.54) is 51.4 Å². The predicted molar refractivity (Wildman–Crippen MR) is 68.6 cm³/mol. The van der Waals surface area contributed by atoms with Gasteiger partial charge in [0.2, 0.25) is 0 Å². The summed E-state index contributed by atoms with van der Waals surface area (Å²) in [6, 6.07) is 6.60. The third kappa shape index (κ3) is 1.53. The number of fused-ring (bicyclic) bond motifs is 2. The minimum absolute atomic E-state index is 0.501. The van der Waals surface area contributed by atoms with Crippen molar-refractivity contribution in [2.24, 2.45) is 0 Å². The van der Waals surface area contributed by atoms with E-state index >= 15 is 0 Å². The molecule has 0 atom stereocenters. The number of rotatable bonds is 0. The monoisotopic (exact) mass is 215 g/mol.